The molecule has 1 aliphatic rings. The van der Waals surface area contributed by atoms with Gasteiger partial charge in [-0.1, -0.05) is 32.9 Å². The monoisotopic (exact) mass is 390 g/mol. The summed E-state index contributed by atoms with van der Waals surface area (Å²) in [5.41, 5.74) is 4.16. The highest BCUT2D eigenvalue weighted by Crippen LogP contribution is 2.47. The van der Waals surface area contributed by atoms with E-state index in [0.29, 0.717) is 36.1 Å². The normalized spacial score (nSPS) is 15.5. The van der Waals surface area contributed by atoms with Crippen molar-refractivity contribution >= 4 is 14.1 Å². The molecule has 1 unspecified atom stereocenters. The number of carbonyl (C=O) groups is 1. The molecule has 0 heterocycles. The number of ketones is 1. The Morgan fingerprint density at radius 1 is 1.26 bits per heavy atom. The number of ether oxygens (including phenoxy) is 1. The SMILES string of the molecule is C=C(C)C(O)Cc1c(OC)c(C)c2c(c1O[Si](C)(C)C(C)(C)C)C(=O)CC2. The van der Waals surface area contributed by atoms with Crippen molar-refractivity contribution in [1.29, 1.82) is 0 Å². The maximum absolute atomic E-state index is 12.8. The molecule has 1 atom stereocenters. The zero-order valence-electron chi connectivity index (χ0n) is 18.1. The van der Waals surface area contributed by atoms with Crippen LogP contribution in [-0.2, 0) is 12.8 Å². The molecule has 0 saturated carbocycles. The Bertz CT molecular complexity index is 772. The van der Waals surface area contributed by atoms with Crippen LogP contribution in [0.2, 0.25) is 18.1 Å². The molecule has 1 aromatic rings. The van der Waals surface area contributed by atoms with Gasteiger partial charge in [-0.25, -0.2) is 0 Å². The van der Waals surface area contributed by atoms with Gasteiger partial charge in [0.2, 0.25) is 0 Å². The average Bonchev–Trinajstić information content (AvgIpc) is 2.92. The maximum atomic E-state index is 12.8. The smallest absolute Gasteiger partial charge is 0.250 e. The van der Waals surface area contributed by atoms with Gasteiger partial charge in [-0.05, 0) is 49.5 Å². The maximum Gasteiger partial charge on any atom is 0.250 e. The van der Waals surface area contributed by atoms with E-state index in [1.54, 1.807) is 14.0 Å². The standard InChI is InChI=1S/C22H34O4Si/c1-13(2)18(24)12-16-20(25-7)14(3)15-10-11-17(23)19(15)21(16)26-27(8,9)22(4,5)6/h18,24H,1,10-12H2,2-9H3. The first-order chi connectivity index (χ1) is 12.3. The molecule has 0 radical (unpaired) electrons. The fraction of sp³-hybridized carbons (Fsp3) is 0.591. The number of aliphatic hydroxyl groups excluding tert-OH is 1. The second-order valence-corrected chi connectivity index (χ2v) is 13.9. The third-order valence-corrected chi connectivity index (χ3v) is 10.4. The van der Waals surface area contributed by atoms with E-state index in [-0.39, 0.29) is 10.8 Å². The average molecular weight is 391 g/mol. The lowest BCUT2D eigenvalue weighted by Gasteiger charge is -2.38. The molecule has 0 aromatic heterocycles. The molecule has 0 spiro atoms. The summed E-state index contributed by atoms with van der Waals surface area (Å²) >= 11 is 0. The van der Waals surface area contributed by atoms with Gasteiger partial charge in [-0.3, -0.25) is 4.79 Å². The summed E-state index contributed by atoms with van der Waals surface area (Å²) in [4.78, 5) is 12.8. The Kier molecular flexibility index (Phi) is 5.98. The highest BCUT2D eigenvalue weighted by Gasteiger charge is 2.42. The van der Waals surface area contributed by atoms with Crippen LogP contribution in [-0.4, -0.2) is 32.4 Å². The van der Waals surface area contributed by atoms with Crippen LogP contribution in [0.15, 0.2) is 12.2 Å². The summed E-state index contributed by atoms with van der Waals surface area (Å²) in [7, 11) is -0.555. The summed E-state index contributed by atoms with van der Waals surface area (Å²) in [6, 6.07) is 0. The predicted octanol–water partition coefficient (Wildman–Crippen LogP) is 5.00. The number of fused-ring (bicyclic) bond motifs is 1. The van der Waals surface area contributed by atoms with Crippen LogP contribution in [0.4, 0.5) is 0 Å². The van der Waals surface area contributed by atoms with Crippen LogP contribution in [0.5, 0.6) is 11.5 Å². The van der Waals surface area contributed by atoms with Crippen molar-refractivity contribution in [3.63, 3.8) is 0 Å². The van der Waals surface area contributed by atoms with Gasteiger partial charge in [0.15, 0.2) is 5.78 Å². The van der Waals surface area contributed by atoms with Crippen molar-refractivity contribution in [3.05, 3.63) is 34.4 Å². The molecule has 1 aromatic carbocycles. The second-order valence-electron chi connectivity index (χ2n) is 9.17. The van der Waals surface area contributed by atoms with E-state index in [2.05, 4.69) is 40.4 Å². The molecule has 150 valence electrons. The van der Waals surface area contributed by atoms with Gasteiger partial charge in [0.1, 0.15) is 11.5 Å². The molecule has 1 aliphatic carbocycles. The van der Waals surface area contributed by atoms with E-state index >= 15 is 0 Å². The first-order valence-electron chi connectivity index (χ1n) is 9.59. The lowest BCUT2D eigenvalue weighted by Crippen LogP contribution is -2.44. The Morgan fingerprint density at radius 2 is 1.85 bits per heavy atom. The van der Waals surface area contributed by atoms with Gasteiger partial charge in [0, 0.05) is 18.4 Å². The Balaban J connectivity index is 2.76. The molecule has 0 amide bonds. The van der Waals surface area contributed by atoms with E-state index in [1.807, 2.05) is 6.92 Å². The minimum Gasteiger partial charge on any atom is -0.543 e. The molecular formula is C22H34O4Si. The van der Waals surface area contributed by atoms with Crippen LogP contribution in [0.1, 0.15) is 61.2 Å². The van der Waals surface area contributed by atoms with Gasteiger partial charge in [0.05, 0.1) is 18.8 Å². The predicted molar refractivity (Wildman–Crippen MR) is 113 cm³/mol. The fourth-order valence-corrected chi connectivity index (χ4v) is 4.30. The Morgan fingerprint density at radius 3 is 2.33 bits per heavy atom. The topological polar surface area (TPSA) is 55.8 Å². The number of carbonyl (C=O) groups excluding carboxylic acids is 1. The minimum absolute atomic E-state index is 0.0100. The fourth-order valence-electron chi connectivity index (χ4n) is 3.26. The zero-order valence-corrected chi connectivity index (χ0v) is 19.1. The minimum atomic E-state index is -2.19. The van der Waals surface area contributed by atoms with Crippen molar-refractivity contribution < 1.29 is 19.1 Å². The molecule has 0 aliphatic heterocycles. The van der Waals surface area contributed by atoms with Crippen LogP contribution in [0, 0.1) is 6.92 Å². The van der Waals surface area contributed by atoms with Gasteiger partial charge in [-0.2, -0.15) is 0 Å². The number of hydrogen-bond acceptors (Lipinski definition) is 4. The first-order valence-corrected chi connectivity index (χ1v) is 12.5. The molecule has 1 N–H and O–H groups in total. The molecule has 5 heteroatoms. The van der Waals surface area contributed by atoms with Gasteiger partial charge in [0.25, 0.3) is 8.32 Å². The Hall–Kier alpha value is -1.59. The number of aliphatic hydroxyl groups is 1. The van der Waals surface area contributed by atoms with Crippen molar-refractivity contribution in [2.75, 3.05) is 7.11 Å². The summed E-state index contributed by atoms with van der Waals surface area (Å²) < 4.78 is 12.4. The first kappa shape index (κ1) is 21.7. The number of methoxy groups -OCH3 is 1. The van der Waals surface area contributed by atoms with E-state index < -0.39 is 14.4 Å². The van der Waals surface area contributed by atoms with Crippen molar-refractivity contribution in [2.24, 2.45) is 0 Å². The summed E-state index contributed by atoms with van der Waals surface area (Å²) in [6.45, 7) is 18.5. The zero-order chi connectivity index (χ0) is 20.7. The molecular weight excluding hydrogens is 356 g/mol. The largest absolute Gasteiger partial charge is 0.543 e. The van der Waals surface area contributed by atoms with Crippen LogP contribution >= 0.6 is 0 Å². The quantitative estimate of drug-likeness (QED) is 0.549. The van der Waals surface area contributed by atoms with E-state index in [1.165, 1.54) is 0 Å². The van der Waals surface area contributed by atoms with E-state index in [0.717, 1.165) is 22.4 Å². The highest BCUT2D eigenvalue weighted by atomic mass is 28.4. The van der Waals surface area contributed by atoms with Crippen LogP contribution in [0.25, 0.3) is 0 Å². The van der Waals surface area contributed by atoms with Crippen LogP contribution < -0.4 is 9.16 Å². The molecule has 0 saturated heterocycles. The molecule has 27 heavy (non-hydrogen) atoms. The van der Waals surface area contributed by atoms with Gasteiger partial charge < -0.3 is 14.3 Å². The number of rotatable bonds is 6. The third-order valence-electron chi connectivity index (χ3n) is 6.09. The molecule has 2 rings (SSSR count). The van der Waals surface area contributed by atoms with E-state index in [4.69, 9.17) is 9.16 Å². The summed E-state index contributed by atoms with van der Waals surface area (Å²) in [5, 5.41) is 10.5. The molecule has 0 fully saturated rings. The van der Waals surface area contributed by atoms with Gasteiger partial charge in [-0.15, -0.1) is 0 Å². The number of benzene rings is 1. The lowest BCUT2D eigenvalue weighted by molar-refractivity contribution is 0.0992. The second kappa shape index (κ2) is 7.44. The highest BCUT2D eigenvalue weighted by molar-refractivity contribution is 6.74. The molecule has 0 bridgehead atoms. The van der Waals surface area contributed by atoms with Crippen molar-refractivity contribution in [2.45, 2.75) is 78.1 Å². The summed E-state index contributed by atoms with van der Waals surface area (Å²) in [6.07, 6.45) is 0.825. The van der Waals surface area contributed by atoms with Crippen molar-refractivity contribution in [3.8, 4) is 11.5 Å². The Labute approximate surface area is 164 Å². The molecule has 4 nitrogen and oxygen atoms in total. The summed E-state index contributed by atoms with van der Waals surface area (Å²) in [5.74, 6) is 1.47. The number of hydrogen-bond donors (Lipinski definition) is 1. The van der Waals surface area contributed by atoms with Crippen molar-refractivity contribution in [1.82, 2.24) is 0 Å². The lowest BCUT2D eigenvalue weighted by atomic mass is 9.93. The van der Waals surface area contributed by atoms with Gasteiger partial charge >= 0.3 is 0 Å². The van der Waals surface area contributed by atoms with Crippen LogP contribution in [0.3, 0.4) is 0 Å². The van der Waals surface area contributed by atoms with E-state index in [9.17, 15) is 9.90 Å². The third kappa shape index (κ3) is 3.99. The number of Topliss-reactive ketones (excluding diaryl/α,β-unsaturated/α-hetero) is 1.